The molecule has 0 amide bonds. The molecule has 200 valence electrons. The Labute approximate surface area is 239 Å². The molecule has 0 saturated heterocycles. The molecule has 6 aromatic rings. The lowest BCUT2D eigenvalue weighted by molar-refractivity contribution is 0.426. The predicted molar refractivity (Wildman–Crippen MR) is 165 cm³/mol. The van der Waals surface area contributed by atoms with Crippen LogP contribution in [0.3, 0.4) is 0 Å². The van der Waals surface area contributed by atoms with Gasteiger partial charge in [0.05, 0.1) is 28.5 Å². The van der Waals surface area contributed by atoms with Crippen LogP contribution in [0.25, 0.3) is 32.8 Å². The third-order valence-electron chi connectivity index (χ3n) is 6.17. The van der Waals surface area contributed by atoms with Gasteiger partial charge in [0.2, 0.25) is 0 Å². The Kier molecular flexibility index (Phi) is 9.56. The lowest BCUT2D eigenvalue weighted by atomic mass is 9.79. The quantitative estimate of drug-likeness (QED) is 0.251. The molecule has 0 spiro atoms. The van der Waals surface area contributed by atoms with Crippen LogP contribution in [0.2, 0.25) is 5.15 Å². The van der Waals surface area contributed by atoms with E-state index >= 15 is 0 Å². The average Bonchev–Trinajstić information content (AvgIpc) is 2.95. The molecule has 0 fully saturated rings. The molecule has 0 aliphatic heterocycles. The van der Waals surface area contributed by atoms with E-state index in [0.717, 1.165) is 44.8 Å². The highest BCUT2D eigenvalue weighted by atomic mass is 35.5. The number of hydrogen-bond acceptors (Lipinski definition) is 6. The van der Waals surface area contributed by atoms with Gasteiger partial charge in [-0.1, -0.05) is 90.5 Å². The molecule has 0 radical (unpaired) electrons. The van der Waals surface area contributed by atoms with Gasteiger partial charge >= 0.3 is 7.12 Å². The van der Waals surface area contributed by atoms with E-state index < -0.39 is 7.12 Å². The Bertz CT molecular complexity index is 1760. The van der Waals surface area contributed by atoms with Crippen molar-refractivity contribution in [1.29, 1.82) is 0 Å². The van der Waals surface area contributed by atoms with Crippen LogP contribution < -0.4 is 5.46 Å². The molecule has 0 atom stereocenters. The molecule has 2 aromatic heterocycles. The van der Waals surface area contributed by atoms with Gasteiger partial charge < -0.3 is 10.0 Å². The smallest absolute Gasteiger partial charge is 0.423 e. The number of fused-ring (bicyclic) bond motifs is 2. The molecule has 2 N–H and O–H groups in total. The van der Waals surface area contributed by atoms with Crippen LogP contribution in [0, 0.1) is 27.7 Å². The molecule has 0 saturated carbocycles. The van der Waals surface area contributed by atoms with E-state index in [2.05, 4.69) is 62.4 Å². The molecule has 0 aliphatic carbocycles. The highest BCUT2D eigenvalue weighted by Crippen LogP contribution is 2.24. The monoisotopic (exact) mass is 548 g/mol. The highest BCUT2D eigenvalue weighted by Gasteiger charge is 2.10. The van der Waals surface area contributed by atoms with Crippen molar-refractivity contribution in [2.75, 3.05) is 0 Å². The number of aromatic nitrogens is 4. The molecule has 0 aliphatic rings. The summed E-state index contributed by atoms with van der Waals surface area (Å²) in [5.74, 6) is 0. The van der Waals surface area contributed by atoms with Gasteiger partial charge in [0.25, 0.3) is 0 Å². The second-order valence-corrected chi connectivity index (χ2v) is 9.73. The van der Waals surface area contributed by atoms with Crippen molar-refractivity contribution in [1.82, 2.24) is 19.9 Å². The SMILES string of the molecule is Cc1cnc(-c2ccc3ccccc3c2)c(C)n1.Cc1cnc(Cl)c(C)n1.OB(O)c1ccc2ccccc2c1. The predicted octanol–water partition coefficient (Wildman–Crippen LogP) is 6.18. The van der Waals surface area contributed by atoms with Crippen molar-refractivity contribution in [3.63, 3.8) is 0 Å². The lowest BCUT2D eigenvalue weighted by Gasteiger charge is -2.06. The first-order valence-electron chi connectivity index (χ1n) is 12.8. The van der Waals surface area contributed by atoms with Crippen LogP contribution in [0.5, 0.6) is 0 Å². The van der Waals surface area contributed by atoms with Crippen LogP contribution in [0.1, 0.15) is 22.8 Å². The number of rotatable bonds is 2. The van der Waals surface area contributed by atoms with Crippen LogP contribution in [-0.2, 0) is 0 Å². The number of hydrogen-bond donors (Lipinski definition) is 2. The summed E-state index contributed by atoms with van der Waals surface area (Å²) in [6.07, 6.45) is 3.47. The average molecular weight is 549 g/mol. The van der Waals surface area contributed by atoms with E-state index in [1.807, 2.05) is 64.2 Å². The van der Waals surface area contributed by atoms with Crippen molar-refractivity contribution >= 4 is 45.7 Å². The second-order valence-electron chi connectivity index (χ2n) is 9.38. The van der Waals surface area contributed by atoms with Gasteiger partial charge in [0.15, 0.2) is 0 Å². The zero-order valence-electron chi connectivity index (χ0n) is 22.9. The third-order valence-corrected chi connectivity index (χ3v) is 6.54. The van der Waals surface area contributed by atoms with Crippen molar-refractivity contribution in [2.24, 2.45) is 0 Å². The molecule has 6 nitrogen and oxygen atoms in total. The minimum atomic E-state index is -1.38. The fourth-order valence-electron chi connectivity index (χ4n) is 4.17. The van der Waals surface area contributed by atoms with E-state index in [0.29, 0.717) is 10.6 Å². The summed E-state index contributed by atoms with van der Waals surface area (Å²) in [5.41, 5.74) is 6.24. The van der Waals surface area contributed by atoms with Crippen molar-refractivity contribution < 1.29 is 10.0 Å². The Balaban J connectivity index is 0.000000148. The van der Waals surface area contributed by atoms with Crippen molar-refractivity contribution in [2.45, 2.75) is 27.7 Å². The number of benzene rings is 4. The summed E-state index contributed by atoms with van der Waals surface area (Å²) in [5, 5.41) is 23.0. The summed E-state index contributed by atoms with van der Waals surface area (Å²) >= 11 is 5.61. The molecular formula is C32H30BClN4O2. The van der Waals surface area contributed by atoms with E-state index in [1.165, 1.54) is 10.8 Å². The molecule has 8 heteroatoms. The maximum atomic E-state index is 8.94. The number of nitrogens with zero attached hydrogens (tertiary/aromatic N) is 4. The largest absolute Gasteiger partial charge is 0.488 e. The van der Waals surface area contributed by atoms with E-state index in [1.54, 1.807) is 18.3 Å². The summed E-state index contributed by atoms with van der Waals surface area (Å²) in [7, 11) is -1.38. The first-order valence-corrected chi connectivity index (χ1v) is 13.2. The zero-order chi connectivity index (χ0) is 28.6. The van der Waals surface area contributed by atoms with Gasteiger partial charge in [-0.25, -0.2) is 4.98 Å². The standard InChI is InChI=1S/C16H14N2.C10H9BO2.C6H7ClN2/c1-11-10-17-16(12(2)18-11)15-8-7-13-5-3-4-6-14(13)9-15;12-11(13)10-6-5-8-3-1-2-4-9(8)7-10;1-4-3-8-6(7)5(2)9-4/h3-10H,1-2H3;1-7,12-13H;3H,1-2H3. The molecule has 6 rings (SSSR count). The van der Waals surface area contributed by atoms with Crippen LogP contribution in [-0.4, -0.2) is 37.1 Å². The molecule has 0 bridgehead atoms. The Morgan fingerprint density at radius 2 is 1.12 bits per heavy atom. The molecule has 4 aromatic carbocycles. The Hall–Kier alpha value is -4.17. The van der Waals surface area contributed by atoms with Crippen molar-refractivity contribution in [3.05, 3.63) is 125 Å². The maximum absolute atomic E-state index is 8.94. The lowest BCUT2D eigenvalue weighted by Crippen LogP contribution is -2.29. The maximum Gasteiger partial charge on any atom is 0.488 e. The van der Waals surface area contributed by atoms with Crippen molar-refractivity contribution in [3.8, 4) is 11.3 Å². The van der Waals surface area contributed by atoms with Gasteiger partial charge in [-0.05, 0) is 60.8 Å². The summed E-state index contributed by atoms with van der Waals surface area (Å²) in [4.78, 5) is 16.9. The second kappa shape index (κ2) is 13.3. The summed E-state index contributed by atoms with van der Waals surface area (Å²) < 4.78 is 0. The topological polar surface area (TPSA) is 92.0 Å². The van der Waals surface area contributed by atoms with Crippen LogP contribution in [0.4, 0.5) is 0 Å². The molecule has 2 heterocycles. The van der Waals surface area contributed by atoms with Gasteiger partial charge in [0, 0.05) is 18.0 Å². The summed E-state index contributed by atoms with van der Waals surface area (Å²) in [6.45, 7) is 7.69. The molecule has 0 unspecified atom stereocenters. The van der Waals surface area contributed by atoms with E-state index in [9.17, 15) is 0 Å². The van der Waals surface area contributed by atoms with Crippen LogP contribution in [0.15, 0.2) is 97.3 Å². The zero-order valence-corrected chi connectivity index (χ0v) is 23.6. The third kappa shape index (κ3) is 7.48. The van der Waals surface area contributed by atoms with E-state index in [4.69, 9.17) is 21.6 Å². The van der Waals surface area contributed by atoms with Gasteiger partial charge in [0.1, 0.15) is 5.15 Å². The van der Waals surface area contributed by atoms with Gasteiger partial charge in [-0.15, -0.1) is 0 Å². The Morgan fingerprint density at radius 1 is 0.600 bits per heavy atom. The fraction of sp³-hybridized carbons (Fsp3) is 0.125. The fourth-order valence-corrected chi connectivity index (χ4v) is 4.26. The minimum absolute atomic E-state index is 0.487. The highest BCUT2D eigenvalue weighted by molar-refractivity contribution is 6.58. The van der Waals surface area contributed by atoms with Crippen LogP contribution >= 0.6 is 11.6 Å². The minimum Gasteiger partial charge on any atom is -0.423 e. The first kappa shape index (κ1) is 28.8. The Morgan fingerprint density at radius 3 is 1.68 bits per heavy atom. The number of aryl methyl sites for hydroxylation is 4. The molecule has 40 heavy (non-hydrogen) atoms. The first-order chi connectivity index (χ1) is 19.2. The molecular weight excluding hydrogens is 519 g/mol. The van der Waals surface area contributed by atoms with Gasteiger partial charge in [-0.3, -0.25) is 15.0 Å². The summed E-state index contributed by atoms with van der Waals surface area (Å²) in [6, 6.07) is 27.9. The van der Waals surface area contributed by atoms with E-state index in [-0.39, 0.29) is 0 Å². The van der Waals surface area contributed by atoms with Gasteiger partial charge in [-0.2, -0.15) is 0 Å². The number of halogens is 1. The normalized spacial score (nSPS) is 10.4.